The lowest BCUT2D eigenvalue weighted by atomic mass is 10.4. The molecule has 0 N–H and O–H groups in total. The van der Waals surface area contributed by atoms with Crippen molar-refractivity contribution >= 4 is 23.7 Å². The van der Waals surface area contributed by atoms with E-state index in [-0.39, 0.29) is 5.82 Å². The van der Waals surface area contributed by atoms with Gasteiger partial charge in [-0.3, -0.25) is 4.98 Å². The number of aryl methyl sites for hydroxylation is 2. The molecule has 0 aromatic carbocycles. The Hall–Kier alpha value is -2.98. The maximum Gasteiger partial charge on any atom is 0.408 e. The van der Waals surface area contributed by atoms with Crippen molar-refractivity contribution in [2.45, 2.75) is 39.4 Å². The highest BCUT2D eigenvalue weighted by atomic mass is 19.4. The zero-order chi connectivity index (χ0) is 19.9. The van der Waals surface area contributed by atoms with Gasteiger partial charge >= 0.3 is 6.18 Å². The van der Waals surface area contributed by atoms with Crippen molar-refractivity contribution in [1.82, 2.24) is 34.3 Å². The summed E-state index contributed by atoms with van der Waals surface area (Å²) in [6.45, 7) is 3.97. The zero-order valence-electron chi connectivity index (χ0n) is 15.5. The molecule has 0 spiro atoms. The Labute approximate surface area is 158 Å². The molecular weight excluding hydrogens is 373 g/mol. The monoisotopic (exact) mass is 392 g/mol. The van der Waals surface area contributed by atoms with Crippen molar-refractivity contribution in [2.75, 3.05) is 18.0 Å². The third-order valence-electron chi connectivity index (χ3n) is 4.51. The highest BCUT2D eigenvalue weighted by Crippen LogP contribution is 2.22. The standard InChI is InChI=1S/C17H19F3N8/c1-11-9-21-12(2)15-22-13(24-28(11)15)5-6-14-23-16(26-7-3-4-8-26)25-27(14)10-17(18,19)20/h5-6,9H,3-4,7-8,10H2,1-2H3/b6-5+. The summed E-state index contributed by atoms with van der Waals surface area (Å²) in [5.74, 6) is 0.799. The number of nitrogens with zero attached hydrogens (tertiary/aromatic N) is 8. The van der Waals surface area contributed by atoms with Crippen LogP contribution in [0.5, 0.6) is 0 Å². The number of hydrogen-bond donors (Lipinski definition) is 0. The molecule has 0 radical (unpaired) electrons. The molecule has 28 heavy (non-hydrogen) atoms. The van der Waals surface area contributed by atoms with Gasteiger partial charge in [-0.2, -0.15) is 18.2 Å². The van der Waals surface area contributed by atoms with Crippen LogP contribution in [0.15, 0.2) is 6.20 Å². The van der Waals surface area contributed by atoms with Crippen LogP contribution in [0, 0.1) is 13.8 Å². The van der Waals surface area contributed by atoms with Crippen molar-refractivity contribution in [3.05, 3.63) is 29.2 Å². The number of alkyl halides is 3. The van der Waals surface area contributed by atoms with Gasteiger partial charge in [0.2, 0.25) is 5.95 Å². The molecule has 0 aliphatic carbocycles. The largest absolute Gasteiger partial charge is 0.408 e. The smallest absolute Gasteiger partial charge is 0.340 e. The van der Waals surface area contributed by atoms with E-state index in [4.69, 9.17) is 0 Å². The van der Waals surface area contributed by atoms with E-state index in [0.29, 0.717) is 23.1 Å². The van der Waals surface area contributed by atoms with Gasteiger partial charge in [0.25, 0.3) is 0 Å². The molecule has 4 rings (SSSR count). The van der Waals surface area contributed by atoms with E-state index in [2.05, 4.69) is 25.1 Å². The molecule has 1 aliphatic rings. The van der Waals surface area contributed by atoms with Crippen LogP contribution < -0.4 is 4.90 Å². The predicted molar refractivity (Wildman–Crippen MR) is 96.7 cm³/mol. The summed E-state index contributed by atoms with van der Waals surface area (Å²) in [7, 11) is 0. The normalized spacial score (nSPS) is 15.4. The number of rotatable bonds is 4. The van der Waals surface area contributed by atoms with Crippen LogP contribution in [0.4, 0.5) is 19.1 Å². The maximum atomic E-state index is 12.9. The summed E-state index contributed by atoms with van der Waals surface area (Å²) >= 11 is 0. The van der Waals surface area contributed by atoms with Gasteiger partial charge in [-0.15, -0.1) is 10.2 Å². The van der Waals surface area contributed by atoms with Gasteiger partial charge < -0.3 is 4.90 Å². The van der Waals surface area contributed by atoms with E-state index in [1.54, 1.807) is 10.7 Å². The molecule has 0 bridgehead atoms. The zero-order valence-corrected chi connectivity index (χ0v) is 15.5. The molecule has 0 saturated carbocycles. The number of fused-ring (bicyclic) bond motifs is 1. The maximum absolute atomic E-state index is 12.9. The Morgan fingerprint density at radius 2 is 1.82 bits per heavy atom. The van der Waals surface area contributed by atoms with E-state index in [9.17, 15) is 13.2 Å². The number of hydrogen-bond acceptors (Lipinski definition) is 6. The van der Waals surface area contributed by atoms with Gasteiger partial charge in [-0.1, -0.05) is 0 Å². The highest BCUT2D eigenvalue weighted by molar-refractivity contribution is 5.65. The van der Waals surface area contributed by atoms with Crippen LogP contribution in [-0.2, 0) is 6.54 Å². The predicted octanol–water partition coefficient (Wildman–Crippen LogP) is 2.67. The molecule has 0 atom stereocenters. The number of halogens is 3. The van der Waals surface area contributed by atoms with E-state index < -0.39 is 12.7 Å². The molecule has 11 heteroatoms. The van der Waals surface area contributed by atoms with E-state index in [1.807, 2.05) is 18.7 Å². The third kappa shape index (κ3) is 3.69. The first-order valence-corrected chi connectivity index (χ1v) is 8.94. The van der Waals surface area contributed by atoms with Crippen molar-refractivity contribution in [3.63, 3.8) is 0 Å². The SMILES string of the molecule is Cc1ncc(C)n2nc(/C=C/c3nc(N4CCCC4)nn3CC(F)(F)F)nc12. The quantitative estimate of drug-likeness (QED) is 0.679. The molecule has 0 unspecified atom stereocenters. The molecule has 1 aliphatic heterocycles. The van der Waals surface area contributed by atoms with Crippen LogP contribution in [0.25, 0.3) is 17.8 Å². The molecule has 8 nitrogen and oxygen atoms in total. The molecule has 1 fully saturated rings. The van der Waals surface area contributed by atoms with Crippen molar-refractivity contribution in [3.8, 4) is 0 Å². The van der Waals surface area contributed by atoms with Crippen LogP contribution in [-0.4, -0.2) is 53.6 Å². The minimum Gasteiger partial charge on any atom is -0.340 e. The van der Waals surface area contributed by atoms with E-state index in [0.717, 1.165) is 36.3 Å². The number of anilines is 1. The van der Waals surface area contributed by atoms with Gasteiger partial charge in [0.05, 0.1) is 11.4 Å². The minimum atomic E-state index is -4.39. The molecule has 1 saturated heterocycles. The Morgan fingerprint density at radius 3 is 2.50 bits per heavy atom. The van der Waals surface area contributed by atoms with Gasteiger partial charge in [0, 0.05) is 19.3 Å². The van der Waals surface area contributed by atoms with Gasteiger partial charge in [-0.25, -0.2) is 14.2 Å². The first-order chi connectivity index (χ1) is 13.3. The average molecular weight is 392 g/mol. The lowest BCUT2D eigenvalue weighted by molar-refractivity contribution is -0.142. The van der Waals surface area contributed by atoms with Crippen LogP contribution in [0.2, 0.25) is 0 Å². The lowest BCUT2D eigenvalue weighted by Gasteiger charge is -2.11. The summed E-state index contributed by atoms with van der Waals surface area (Å²) in [5, 5.41) is 8.43. The fourth-order valence-corrected chi connectivity index (χ4v) is 3.13. The van der Waals surface area contributed by atoms with Crippen LogP contribution >= 0.6 is 0 Å². The van der Waals surface area contributed by atoms with Gasteiger partial charge in [0.1, 0.15) is 6.54 Å². The molecule has 0 amide bonds. The summed E-state index contributed by atoms with van der Waals surface area (Å²) in [4.78, 5) is 14.8. The number of aromatic nitrogens is 7. The third-order valence-corrected chi connectivity index (χ3v) is 4.51. The van der Waals surface area contributed by atoms with Gasteiger partial charge in [0.15, 0.2) is 17.3 Å². The van der Waals surface area contributed by atoms with Gasteiger partial charge in [-0.05, 0) is 38.8 Å². The Balaban J connectivity index is 1.67. The summed E-state index contributed by atoms with van der Waals surface area (Å²) < 4.78 is 41.3. The first-order valence-electron chi connectivity index (χ1n) is 8.94. The topological polar surface area (TPSA) is 77.0 Å². The van der Waals surface area contributed by atoms with E-state index >= 15 is 0 Å². The lowest BCUT2D eigenvalue weighted by Crippen LogP contribution is -2.21. The molecule has 3 aromatic rings. The van der Waals surface area contributed by atoms with Crippen molar-refractivity contribution < 1.29 is 13.2 Å². The van der Waals surface area contributed by atoms with Crippen LogP contribution in [0.1, 0.15) is 35.9 Å². The molecule has 3 aromatic heterocycles. The second-order valence-electron chi connectivity index (χ2n) is 6.76. The second-order valence-corrected chi connectivity index (χ2v) is 6.76. The highest BCUT2D eigenvalue weighted by Gasteiger charge is 2.31. The second kappa shape index (κ2) is 6.88. The molecule has 4 heterocycles. The fourth-order valence-electron chi connectivity index (χ4n) is 3.13. The summed E-state index contributed by atoms with van der Waals surface area (Å²) in [6.07, 6.45) is 2.27. The Morgan fingerprint density at radius 1 is 1.07 bits per heavy atom. The average Bonchev–Trinajstić information content (AvgIpc) is 3.34. The minimum absolute atomic E-state index is 0.115. The Kier molecular flexibility index (Phi) is 4.52. The van der Waals surface area contributed by atoms with Crippen LogP contribution in [0.3, 0.4) is 0 Å². The van der Waals surface area contributed by atoms with E-state index in [1.165, 1.54) is 12.2 Å². The first kappa shape index (κ1) is 18.4. The Bertz CT molecular complexity index is 988. The summed E-state index contributed by atoms with van der Waals surface area (Å²) in [5.41, 5.74) is 2.13. The fraction of sp³-hybridized carbons (Fsp3) is 0.471. The summed E-state index contributed by atoms with van der Waals surface area (Å²) in [6, 6.07) is 0. The van der Waals surface area contributed by atoms with Crippen molar-refractivity contribution in [1.29, 1.82) is 0 Å². The van der Waals surface area contributed by atoms with Crippen molar-refractivity contribution in [2.24, 2.45) is 0 Å². The molecule has 148 valence electrons. The molecular formula is C17H19F3N8.